The van der Waals surface area contributed by atoms with Crippen LogP contribution >= 0.6 is 15.9 Å². The molecule has 112 valence electrons. The van der Waals surface area contributed by atoms with Crippen molar-refractivity contribution in [1.82, 2.24) is 5.32 Å². The Bertz CT molecular complexity index is 614. The number of rotatable bonds is 6. The van der Waals surface area contributed by atoms with Crippen LogP contribution in [-0.4, -0.2) is 14.2 Å². The van der Waals surface area contributed by atoms with Crippen LogP contribution in [0.25, 0.3) is 0 Å². The Morgan fingerprint density at radius 3 is 2.67 bits per heavy atom. The van der Waals surface area contributed by atoms with Crippen molar-refractivity contribution in [1.29, 1.82) is 0 Å². The minimum atomic E-state index is 0.499. The fraction of sp³-hybridized carbons (Fsp3) is 0.294. The van der Waals surface area contributed by atoms with Crippen LogP contribution in [-0.2, 0) is 13.2 Å². The Labute approximate surface area is 134 Å². The van der Waals surface area contributed by atoms with Gasteiger partial charge in [0, 0.05) is 22.1 Å². The maximum atomic E-state index is 6.06. The smallest absolute Gasteiger partial charge is 0.127 e. The summed E-state index contributed by atoms with van der Waals surface area (Å²) in [5.74, 6) is 1.78. The Morgan fingerprint density at radius 2 is 1.95 bits per heavy atom. The molecular formula is C17H20BrNO2. The predicted molar refractivity (Wildman–Crippen MR) is 89.0 cm³/mol. The third-order valence-corrected chi connectivity index (χ3v) is 4.06. The van der Waals surface area contributed by atoms with E-state index in [1.165, 1.54) is 0 Å². The molecule has 0 fully saturated rings. The highest BCUT2D eigenvalue weighted by atomic mass is 79.9. The van der Waals surface area contributed by atoms with Crippen LogP contribution in [0.4, 0.5) is 0 Å². The molecular weight excluding hydrogens is 330 g/mol. The second-order valence-electron chi connectivity index (χ2n) is 4.84. The Kier molecular flexibility index (Phi) is 5.65. The van der Waals surface area contributed by atoms with E-state index in [0.717, 1.165) is 39.2 Å². The van der Waals surface area contributed by atoms with Gasteiger partial charge in [0.15, 0.2) is 0 Å². The van der Waals surface area contributed by atoms with Crippen LogP contribution in [0.5, 0.6) is 11.5 Å². The van der Waals surface area contributed by atoms with Crippen molar-refractivity contribution >= 4 is 15.9 Å². The molecule has 0 amide bonds. The van der Waals surface area contributed by atoms with Crippen molar-refractivity contribution in [2.45, 2.75) is 20.1 Å². The lowest BCUT2D eigenvalue weighted by atomic mass is 10.1. The van der Waals surface area contributed by atoms with E-state index in [-0.39, 0.29) is 0 Å². The molecule has 0 heterocycles. The Morgan fingerprint density at radius 1 is 1.14 bits per heavy atom. The number of aryl methyl sites for hydroxylation is 1. The van der Waals surface area contributed by atoms with Crippen molar-refractivity contribution in [2.24, 2.45) is 0 Å². The monoisotopic (exact) mass is 349 g/mol. The number of hydrogen-bond donors (Lipinski definition) is 1. The van der Waals surface area contributed by atoms with Crippen molar-refractivity contribution in [3.63, 3.8) is 0 Å². The zero-order valence-corrected chi connectivity index (χ0v) is 14.2. The Balaban J connectivity index is 2.20. The van der Waals surface area contributed by atoms with E-state index < -0.39 is 0 Å². The van der Waals surface area contributed by atoms with Crippen LogP contribution in [0.3, 0.4) is 0 Å². The molecule has 0 aliphatic heterocycles. The molecule has 2 aromatic rings. The van der Waals surface area contributed by atoms with Gasteiger partial charge in [-0.25, -0.2) is 0 Å². The zero-order valence-electron chi connectivity index (χ0n) is 12.6. The quantitative estimate of drug-likeness (QED) is 0.852. The molecule has 1 N–H and O–H groups in total. The molecule has 0 aromatic heterocycles. The molecule has 0 radical (unpaired) electrons. The lowest BCUT2D eigenvalue weighted by Gasteiger charge is -2.15. The maximum Gasteiger partial charge on any atom is 0.127 e. The number of para-hydroxylation sites is 1. The predicted octanol–water partition coefficient (Wildman–Crippen LogP) is 4.06. The first-order valence-electron chi connectivity index (χ1n) is 6.84. The average Bonchev–Trinajstić information content (AvgIpc) is 2.48. The van der Waals surface area contributed by atoms with Crippen molar-refractivity contribution in [3.8, 4) is 11.5 Å². The van der Waals surface area contributed by atoms with E-state index in [1.54, 1.807) is 7.11 Å². The van der Waals surface area contributed by atoms with E-state index >= 15 is 0 Å². The molecule has 0 spiro atoms. The largest absolute Gasteiger partial charge is 0.497 e. The first kappa shape index (κ1) is 15.9. The Hall–Kier alpha value is -1.52. The first-order chi connectivity index (χ1) is 10.2. The van der Waals surface area contributed by atoms with Crippen molar-refractivity contribution < 1.29 is 9.47 Å². The van der Waals surface area contributed by atoms with Gasteiger partial charge in [0.1, 0.15) is 18.1 Å². The topological polar surface area (TPSA) is 30.5 Å². The summed E-state index contributed by atoms with van der Waals surface area (Å²) >= 11 is 3.55. The van der Waals surface area contributed by atoms with E-state index in [9.17, 15) is 0 Å². The van der Waals surface area contributed by atoms with Gasteiger partial charge in [-0.15, -0.1) is 0 Å². The second kappa shape index (κ2) is 7.48. The van der Waals surface area contributed by atoms with Crippen LogP contribution in [0.2, 0.25) is 0 Å². The van der Waals surface area contributed by atoms with Crippen LogP contribution in [0.15, 0.2) is 40.9 Å². The number of ether oxygens (including phenoxy) is 2. The summed E-state index contributed by atoms with van der Waals surface area (Å²) < 4.78 is 12.3. The van der Waals surface area contributed by atoms with Gasteiger partial charge in [0.2, 0.25) is 0 Å². The molecule has 4 heteroatoms. The molecule has 0 saturated carbocycles. The lowest BCUT2D eigenvalue weighted by molar-refractivity contribution is 0.298. The lowest BCUT2D eigenvalue weighted by Crippen LogP contribution is -2.08. The van der Waals surface area contributed by atoms with E-state index in [2.05, 4.69) is 46.4 Å². The molecule has 0 bridgehead atoms. The average molecular weight is 350 g/mol. The molecule has 21 heavy (non-hydrogen) atoms. The summed E-state index contributed by atoms with van der Waals surface area (Å²) in [6.45, 7) is 3.35. The molecule has 3 nitrogen and oxygen atoms in total. The molecule has 0 saturated heterocycles. The minimum absolute atomic E-state index is 0.499. The third kappa shape index (κ3) is 3.99. The summed E-state index contributed by atoms with van der Waals surface area (Å²) in [6.07, 6.45) is 0. The summed E-state index contributed by atoms with van der Waals surface area (Å²) in [5.41, 5.74) is 3.37. The number of hydrogen-bond acceptors (Lipinski definition) is 3. The molecule has 0 aliphatic rings. The van der Waals surface area contributed by atoms with Gasteiger partial charge in [-0.05, 0) is 37.7 Å². The van der Waals surface area contributed by atoms with Crippen molar-refractivity contribution in [2.75, 3.05) is 14.2 Å². The molecule has 0 aliphatic carbocycles. The molecule has 2 rings (SSSR count). The zero-order chi connectivity index (χ0) is 15.2. The normalized spacial score (nSPS) is 10.5. The summed E-state index contributed by atoms with van der Waals surface area (Å²) in [7, 11) is 3.60. The highest BCUT2D eigenvalue weighted by Crippen LogP contribution is 2.27. The maximum absolute atomic E-state index is 6.06. The fourth-order valence-electron chi connectivity index (χ4n) is 2.19. The van der Waals surface area contributed by atoms with Crippen LogP contribution in [0.1, 0.15) is 16.7 Å². The van der Waals surface area contributed by atoms with Crippen molar-refractivity contribution in [3.05, 3.63) is 57.6 Å². The molecule has 0 unspecified atom stereocenters. The summed E-state index contributed by atoms with van der Waals surface area (Å²) in [6, 6.07) is 12.1. The molecule has 2 aromatic carbocycles. The van der Waals surface area contributed by atoms with Gasteiger partial charge in [0.05, 0.1) is 7.11 Å². The van der Waals surface area contributed by atoms with Gasteiger partial charge >= 0.3 is 0 Å². The van der Waals surface area contributed by atoms with Gasteiger partial charge in [-0.3, -0.25) is 0 Å². The van der Waals surface area contributed by atoms with Gasteiger partial charge in [-0.2, -0.15) is 0 Å². The summed E-state index contributed by atoms with van der Waals surface area (Å²) in [5, 5.41) is 3.17. The first-order valence-corrected chi connectivity index (χ1v) is 7.63. The highest BCUT2D eigenvalue weighted by Gasteiger charge is 2.09. The van der Waals surface area contributed by atoms with E-state index in [4.69, 9.17) is 9.47 Å². The summed E-state index contributed by atoms with van der Waals surface area (Å²) in [4.78, 5) is 0. The number of halogens is 1. The second-order valence-corrected chi connectivity index (χ2v) is 5.69. The standard InChI is InChI=1S/C17H20BrNO2/c1-12-5-4-6-13(10-19-2)17(12)21-11-14-9-15(20-3)7-8-16(14)18/h4-9,19H,10-11H2,1-3H3. The number of nitrogens with one attached hydrogen (secondary N) is 1. The van der Waals surface area contributed by atoms with Crippen LogP contribution < -0.4 is 14.8 Å². The van der Waals surface area contributed by atoms with Gasteiger partial charge < -0.3 is 14.8 Å². The number of benzene rings is 2. The molecule has 0 atom stereocenters. The van der Waals surface area contributed by atoms with Gasteiger partial charge in [-0.1, -0.05) is 34.1 Å². The third-order valence-electron chi connectivity index (χ3n) is 3.29. The number of methoxy groups -OCH3 is 1. The fourth-order valence-corrected chi connectivity index (χ4v) is 2.55. The van der Waals surface area contributed by atoms with Gasteiger partial charge in [0.25, 0.3) is 0 Å². The van der Waals surface area contributed by atoms with Crippen LogP contribution in [0, 0.1) is 6.92 Å². The highest BCUT2D eigenvalue weighted by molar-refractivity contribution is 9.10. The van der Waals surface area contributed by atoms with E-state index in [0.29, 0.717) is 6.61 Å². The minimum Gasteiger partial charge on any atom is -0.497 e. The SMILES string of the molecule is CNCc1cccc(C)c1OCc1cc(OC)ccc1Br. The van der Waals surface area contributed by atoms with E-state index in [1.807, 2.05) is 25.2 Å².